The molecule has 0 fully saturated rings. The van der Waals surface area contributed by atoms with E-state index in [9.17, 15) is 0 Å². The smallest absolute Gasteiger partial charge is 0.127 e. The third-order valence-corrected chi connectivity index (χ3v) is 3.15. The molecule has 2 aromatic rings. The van der Waals surface area contributed by atoms with Gasteiger partial charge < -0.3 is 9.84 Å². The van der Waals surface area contributed by atoms with Crippen LogP contribution >= 0.6 is 11.3 Å². The first-order chi connectivity index (χ1) is 7.90. The van der Waals surface area contributed by atoms with Crippen molar-refractivity contribution in [3.05, 3.63) is 46.4 Å². The maximum Gasteiger partial charge on any atom is 0.127 e. The van der Waals surface area contributed by atoms with E-state index in [1.54, 1.807) is 29.8 Å². The summed E-state index contributed by atoms with van der Waals surface area (Å²) < 4.78 is 5.61. The monoisotopic (exact) mass is 235 g/mol. The molecule has 2 heterocycles. The van der Waals surface area contributed by atoms with Crippen LogP contribution in [0.2, 0.25) is 0 Å². The molecule has 16 heavy (non-hydrogen) atoms. The molecule has 0 radical (unpaired) electrons. The van der Waals surface area contributed by atoms with Gasteiger partial charge in [-0.15, -0.1) is 11.3 Å². The van der Waals surface area contributed by atoms with E-state index in [4.69, 9.17) is 9.84 Å². The Morgan fingerprint density at radius 1 is 1.38 bits per heavy atom. The number of hydrogen-bond acceptors (Lipinski definition) is 4. The molecule has 0 saturated heterocycles. The highest BCUT2D eigenvalue weighted by Crippen LogP contribution is 2.17. The highest BCUT2D eigenvalue weighted by Gasteiger charge is 2.02. The third kappa shape index (κ3) is 2.81. The van der Waals surface area contributed by atoms with Crippen molar-refractivity contribution >= 4 is 11.3 Å². The number of thiophene rings is 1. The second kappa shape index (κ2) is 5.63. The second-order valence-electron chi connectivity index (χ2n) is 3.32. The van der Waals surface area contributed by atoms with Crippen molar-refractivity contribution in [2.45, 2.75) is 13.0 Å². The van der Waals surface area contributed by atoms with Crippen LogP contribution < -0.4 is 4.74 Å². The van der Waals surface area contributed by atoms with E-state index in [0.717, 1.165) is 12.0 Å². The van der Waals surface area contributed by atoms with Crippen molar-refractivity contribution in [1.82, 2.24) is 4.98 Å². The summed E-state index contributed by atoms with van der Waals surface area (Å²) in [5.74, 6) is 0.717. The van der Waals surface area contributed by atoms with E-state index in [2.05, 4.69) is 16.4 Å². The fraction of sp³-hybridized carbons (Fsp3) is 0.250. The molecular weight excluding hydrogens is 222 g/mol. The fourth-order valence-corrected chi connectivity index (χ4v) is 2.08. The van der Waals surface area contributed by atoms with E-state index in [0.29, 0.717) is 12.4 Å². The zero-order valence-corrected chi connectivity index (χ0v) is 9.61. The lowest BCUT2D eigenvalue weighted by Crippen LogP contribution is -2.02. The summed E-state index contributed by atoms with van der Waals surface area (Å²) in [5.41, 5.74) is 0.730. The van der Waals surface area contributed by atoms with Crippen LogP contribution in [0.5, 0.6) is 5.75 Å². The number of aliphatic hydroxyl groups is 1. The van der Waals surface area contributed by atoms with Crippen LogP contribution in [0.4, 0.5) is 0 Å². The van der Waals surface area contributed by atoms with Crippen LogP contribution in [-0.2, 0) is 13.0 Å². The minimum Gasteiger partial charge on any atom is -0.493 e. The molecule has 3 nitrogen and oxygen atoms in total. The van der Waals surface area contributed by atoms with Crippen LogP contribution in [0, 0.1) is 0 Å². The number of aliphatic hydroxyl groups excluding tert-OH is 1. The number of aromatic nitrogens is 1. The Morgan fingerprint density at radius 2 is 2.31 bits per heavy atom. The van der Waals surface area contributed by atoms with E-state index >= 15 is 0 Å². The Bertz CT molecular complexity index is 428. The lowest BCUT2D eigenvalue weighted by atomic mass is 10.3. The summed E-state index contributed by atoms with van der Waals surface area (Å²) in [4.78, 5) is 5.24. The van der Waals surface area contributed by atoms with Gasteiger partial charge in [-0.25, -0.2) is 0 Å². The molecule has 0 unspecified atom stereocenters. The molecule has 0 atom stereocenters. The largest absolute Gasteiger partial charge is 0.493 e. The number of pyridine rings is 1. The van der Waals surface area contributed by atoms with Gasteiger partial charge in [0.05, 0.1) is 13.2 Å². The van der Waals surface area contributed by atoms with Crippen molar-refractivity contribution in [2.75, 3.05) is 6.61 Å². The molecule has 2 rings (SSSR count). The van der Waals surface area contributed by atoms with Gasteiger partial charge in [0.15, 0.2) is 0 Å². The maximum atomic E-state index is 9.08. The van der Waals surface area contributed by atoms with Gasteiger partial charge >= 0.3 is 0 Å². The summed E-state index contributed by atoms with van der Waals surface area (Å²) in [6.07, 6.45) is 4.19. The van der Waals surface area contributed by atoms with Crippen LogP contribution in [0.3, 0.4) is 0 Å². The highest BCUT2D eigenvalue weighted by molar-refractivity contribution is 7.09. The van der Waals surface area contributed by atoms with E-state index < -0.39 is 0 Å². The molecule has 0 aromatic carbocycles. The minimum absolute atomic E-state index is 0.0395. The van der Waals surface area contributed by atoms with Crippen LogP contribution in [0.25, 0.3) is 0 Å². The number of hydrogen-bond donors (Lipinski definition) is 1. The lowest BCUT2D eigenvalue weighted by molar-refractivity contribution is 0.263. The zero-order chi connectivity index (χ0) is 11.2. The topological polar surface area (TPSA) is 42.4 Å². The second-order valence-corrected chi connectivity index (χ2v) is 4.35. The van der Waals surface area contributed by atoms with Gasteiger partial charge in [0.2, 0.25) is 0 Å². The Morgan fingerprint density at radius 3 is 3.06 bits per heavy atom. The first-order valence-corrected chi connectivity index (χ1v) is 5.97. The maximum absolute atomic E-state index is 9.08. The molecule has 0 saturated carbocycles. The average molecular weight is 235 g/mol. The third-order valence-electron chi connectivity index (χ3n) is 2.22. The van der Waals surface area contributed by atoms with Gasteiger partial charge in [0.1, 0.15) is 5.75 Å². The molecule has 2 aromatic heterocycles. The number of ether oxygens (including phenoxy) is 1. The van der Waals surface area contributed by atoms with Crippen molar-refractivity contribution in [3.8, 4) is 5.75 Å². The van der Waals surface area contributed by atoms with Crippen molar-refractivity contribution in [2.24, 2.45) is 0 Å². The molecule has 1 N–H and O–H groups in total. The van der Waals surface area contributed by atoms with Gasteiger partial charge in [-0.05, 0) is 17.5 Å². The van der Waals surface area contributed by atoms with Crippen molar-refractivity contribution < 1.29 is 9.84 Å². The Hall–Kier alpha value is -1.39. The van der Waals surface area contributed by atoms with Gasteiger partial charge in [-0.1, -0.05) is 6.07 Å². The quantitative estimate of drug-likeness (QED) is 0.864. The van der Waals surface area contributed by atoms with Gasteiger partial charge in [-0.3, -0.25) is 4.98 Å². The van der Waals surface area contributed by atoms with Gasteiger partial charge in [0, 0.05) is 29.3 Å². The standard InChI is InChI=1S/C12H13NO2S/c14-9-10-8-13-5-3-12(10)15-6-4-11-2-1-7-16-11/h1-3,5,7-8,14H,4,6,9H2. The number of rotatable bonds is 5. The molecule has 0 amide bonds. The summed E-state index contributed by atoms with van der Waals surface area (Å²) >= 11 is 1.73. The Kier molecular flexibility index (Phi) is 3.91. The SMILES string of the molecule is OCc1cnccc1OCCc1cccs1. The van der Waals surface area contributed by atoms with E-state index in [-0.39, 0.29) is 6.61 Å². The first kappa shape index (κ1) is 11.1. The summed E-state index contributed by atoms with van der Waals surface area (Å²) in [6, 6.07) is 5.90. The predicted molar refractivity (Wildman–Crippen MR) is 63.7 cm³/mol. The Labute approximate surface area is 98.4 Å². The molecule has 0 bridgehead atoms. The summed E-state index contributed by atoms with van der Waals surface area (Å²) in [6.45, 7) is 0.583. The normalized spacial score (nSPS) is 10.3. The van der Waals surface area contributed by atoms with E-state index in [1.165, 1.54) is 4.88 Å². The van der Waals surface area contributed by atoms with E-state index in [1.807, 2.05) is 6.07 Å². The highest BCUT2D eigenvalue weighted by atomic mass is 32.1. The minimum atomic E-state index is -0.0395. The van der Waals surface area contributed by atoms with Gasteiger partial charge in [0.25, 0.3) is 0 Å². The predicted octanol–water partition coefficient (Wildman–Crippen LogP) is 2.26. The molecule has 0 aliphatic heterocycles. The molecule has 84 valence electrons. The van der Waals surface area contributed by atoms with Gasteiger partial charge in [-0.2, -0.15) is 0 Å². The molecule has 0 aliphatic carbocycles. The lowest BCUT2D eigenvalue weighted by Gasteiger charge is -2.08. The molecule has 4 heteroatoms. The van der Waals surface area contributed by atoms with Crippen molar-refractivity contribution in [3.63, 3.8) is 0 Å². The molecule has 0 aliphatic rings. The first-order valence-electron chi connectivity index (χ1n) is 5.09. The molecular formula is C12H13NO2S. The zero-order valence-electron chi connectivity index (χ0n) is 8.80. The van der Waals surface area contributed by atoms with Crippen LogP contribution in [0.1, 0.15) is 10.4 Å². The van der Waals surface area contributed by atoms with Crippen LogP contribution in [0.15, 0.2) is 36.0 Å². The average Bonchev–Trinajstić information content (AvgIpc) is 2.83. The fourth-order valence-electron chi connectivity index (χ4n) is 1.39. The van der Waals surface area contributed by atoms with Crippen molar-refractivity contribution in [1.29, 1.82) is 0 Å². The summed E-state index contributed by atoms with van der Waals surface area (Å²) in [7, 11) is 0. The molecule has 0 spiro atoms. The summed E-state index contributed by atoms with van der Waals surface area (Å²) in [5, 5.41) is 11.1. The number of nitrogens with zero attached hydrogens (tertiary/aromatic N) is 1. The van der Waals surface area contributed by atoms with Crippen LogP contribution in [-0.4, -0.2) is 16.7 Å². The Balaban J connectivity index is 1.89.